The smallest absolute Gasteiger partial charge is 0.434 e. The van der Waals surface area contributed by atoms with Gasteiger partial charge in [-0.25, -0.2) is 4.79 Å². The van der Waals surface area contributed by atoms with E-state index in [0.29, 0.717) is 0 Å². The Morgan fingerprint density at radius 2 is 2.07 bits per heavy atom. The summed E-state index contributed by atoms with van der Waals surface area (Å²) in [5.74, 6) is 0. The van der Waals surface area contributed by atoms with Crippen molar-refractivity contribution in [3.63, 3.8) is 0 Å². The lowest BCUT2D eigenvalue weighted by Crippen LogP contribution is -2.26. The number of benzene rings is 1. The number of nitroso groups, excluding NO2 is 1. The van der Waals surface area contributed by atoms with Gasteiger partial charge in [0, 0.05) is 0 Å². The SMILES string of the molecule is CC1(c2ccccc2)CN(N=O)C(=O)O1. The standard InChI is InChI=1S/C10H10N2O3/c1-10(8-5-3-2-4-6-8)7-12(11-14)9(13)15-10/h2-6H,7H2,1H3. The Morgan fingerprint density at radius 1 is 1.40 bits per heavy atom. The van der Waals surface area contributed by atoms with E-state index < -0.39 is 11.7 Å². The third-order valence-electron chi connectivity index (χ3n) is 2.46. The van der Waals surface area contributed by atoms with E-state index in [4.69, 9.17) is 4.74 Å². The molecule has 1 atom stereocenters. The predicted molar refractivity (Wildman–Crippen MR) is 52.8 cm³/mol. The maximum Gasteiger partial charge on any atom is 0.434 e. The van der Waals surface area contributed by atoms with Gasteiger partial charge in [0.15, 0.2) is 5.60 Å². The highest BCUT2D eigenvalue weighted by molar-refractivity contribution is 5.70. The topological polar surface area (TPSA) is 59.0 Å². The van der Waals surface area contributed by atoms with E-state index >= 15 is 0 Å². The molecule has 1 heterocycles. The van der Waals surface area contributed by atoms with Gasteiger partial charge in [0.05, 0.1) is 11.8 Å². The van der Waals surface area contributed by atoms with Crippen LogP contribution in [0.1, 0.15) is 12.5 Å². The minimum absolute atomic E-state index is 0.152. The summed E-state index contributed by atoms with van der Waals surface area (Å²) in [5.41, 5.74) is 0.0659. The van der Waals surface area contributed by atoms with E-state index in [-0.39, 0.29) is 6.54 Å². The Morgan fingerprint density at radius 3 is 2.60 bits per heavy atom. The first-order valence-electron chi connectivity index (χ1n) is 4.55. The Kier molecular flexibility index (Phi) is 2.15. The molecule has 78 valence electrons. The zero-order valence-electron chi connectivity index (χ0n) is 8.21. The van der Waals surface area contributed by atoms with Gasteiger partial charge in [0.25, 0.3) is 0 Å². The first-order chi connectivity index (χ1) is 7.15. The van der Waals surface area contributed by atoms with Crippen molar-refractivity contribution in [1.29, 1.82) is 0 Å². The summed E-state index contributed by atoms with van der Waals surface area (Å²) in [5, 5.41) is 3.38. The zero-order valence-corrected chi connectivity index (χ0v) is 8.21. The molecule has 0 aliphatic carbocycles. The highest BCUT2D eigenvalue weighted by Crippen LogP contribution is 2.32. The molecule has 0 bridgehead atoms. The summed E-state index contributed by atoms with van der Waals surface area (Å²) < 4.78 is 5.13. The third kappa shape index (κ3) is 1.56. The largest absolute Gasteiger partial charge is 0.435 e. The van der Waals surface area contributed by atoms with Crippen LogP contribution in [0, 0.1) is 4.91 Å². The third-order valence-corrected chi connectivity index (χ3v) is 2.46. The molecule has 0 radical (unpaired) electrons. The number of amides is 1. The van der Waals surface area contributed by atoms with Crippen LogP contribution >= 0.6 is 0 Å². The quantitative estimate of drug-likeness (QED) is 0.695. The molecule has 0 saturated carbocycles. The second kappa shape index (κ2) is 3.34. The van der Waals surface area contributed by atoms with E-state index in [1.807, 2.05) is 30.3 Å². The minimum Gasteiger partial charge on any atom is -0.435 e. The molecule has 1 saturated heterocycles. The van der Waals surface area contributed by atoms with Crippen molar-refractivity contribution in [2.45, 2.75) is 12.5 Å². The molecule has 0 N–H and O–H groups in total. The number of ether oxygens (including phenoxy) is 1. The molecule has 2 rings (SSSR count). The number of hydrogen-bond acceptors (Lipinski definition) is 4. The molecule has 1 unspecified atom stereocenters. The van der Waals surface area contributed by atoms with Crippen molar-refractivity contribution >= 4 is 6.09 Å². The first kappa shape index (κ1) is 9.64. The van der Waals surface area contributed by atoms with Gasteiger partial charge in [-0.2, -0.15) is 5.01 Å². The van der Waals surface area contributed by atoms with E-state index in [0.717, 1.165) is 10.6 Å². The second-order valence-electron chi connectivity index (χ2n) is 3.60. The number of nitrogens with zero attached hydrogens (tertiary/aromatic N) is 2. The molecule has 5 heteroatoms. The molecule has 0 aromatic heterocycles. The summed E-state index contributed by atoms with van der Waals surface area (Å²) >= 11 is 0. The molecular weight excluding hydrogens is 196 g/mol. The summed E-state index contributed by atoms with van der Waals surface area (Å²) in [6.45, 7) is 1.91. The van der Waals surface area contributed by atoms with E-state index in [1.54, 1.807) is 6.92 Å². The summed E-state index contributed by atoms with van der Waals surface area (Å²) in [4.78, 5) is 21.5. The van der Waals surface area contributed by atoms with E-state index in [1.165, 1.54) is 0 Å². The lowest BCUT2D eigenvalue weighted by atomic mass is 9.96. The van der Waals surface area contributed by atoms with Crippen LogP contribution in [0.2, 0.25) is 0 Å². The Bertz CT molecular complexity index is 393. The van der Waals surface area contributed by atoms with Crippen LogP contribution in [0.5, 0.6) is 0 Å². The van der Waals surface area contributed by atoms with Crippen LogP contribution in [-0.2, 0) is 10.3 Å². The molecule has 15 heavy (non-hydrogen) atoms. The van der Waals surface area contributed by atoms with Gasteiger partial charge >= 0.3 is 6.09 Å². The van der Waals surface area contributed by atoms with Crippen molar-refractivity contribution in [2.75, 3.05) is 6.54 Å². The summed E-state index contributed by atoms with van der Waals surface area (Å²) in [6, 6.07) is 9.28. The van der Waals surface area contributed by atoms with E-state index in [9.17, 15) is 9.70 Å². The molecular formula is C10H10N2O3. The van der Waals surface area contributed by atoms with Crippen molar-refractivity contribution in [3.8, 4) is 0 Å². The molecule has 1 aliphatic heterocycles. The van der Waals surface area contributed by atoms with Gasteiger partial charge in [-0.3, -0.25) is 0 Å². The van der Waals surface area contributed by atoms with Gasteiger partial charge < -0.3 is 4.74 Å². The van der Waals surface area contributed by atoms with Gasteiger partial charge in [-0.1, -0.05) is 30.3 Å². The molecule has 0 spiro atoms. The molecule has 1 aromatic rings. The summed E-state index contributed by atoms with van der Waals surface area (Å²) in [7, 11) is 0. The Hall–Kier alpha value is -1.91. The maximum atomic E-state index is 11.2. The van der Waals surface area contributed by atoms with Crippen molar-refractivity contribution in [3.05, 3.63) is 40.8 Å². The zero-order chi connectivity index (χ0) is 10.9. The Labute approximate surface area is 86.6 Å². The van der Waals surface area contributed by atoms with Gasteiger partial charge in [0.1, 0.15) is 0 Å². The fraction of sp³-hybridized carbons (Fsp3) is 0.300. The lowest BCUT2D eigenvalue weighted by Gasteiger charge is -2.20. The number of cyclic esters (lactones) is 1. The monoisotopic (exact) mass is 206 g/mol. The van der Waals surface area contributed by atoms with Gasteiger partial charge in [0.2, 0.25) is 0 Å². The highest BCUT2D eigenvalue weighted by atomic mass is 16.6. The van der Waals surface area contributed by atoms with Crippen LogP contribution in [0.3, 0.4) is 0 Å². The normalized spacial score (nSPS) is 25.1. The predicted octanol–water partition coefficient (Wildman–Crippen LogP) is 2.04. The average molecular weight is 206 g/mol. The number of carbonyl (C=O) groups excluding carboxylic acids is 1. The lowest BCUT2D eigenvalue weighted by molar-refractivity contribution is 0.0700. The van der Waals surface area contributed by atoms with Crippen LogP contribution in [0.25, 0.3) is 0 Å². The highest BCUT2D eigenvalue weighted by Gasteiger charge is 2.43. The van der Waals surface area contributed by atoms with Crippen molar-refractivity contribution in [1.82, 2.24) is 5.01 Å². The summed E-state index contributed by atoms with van der Waals surface area (Å²) in [6.07, 6.45) is -0.698. The number of carbonyl (C=O) groups is 1. The first-order valence-corrected chi connectivity index (χ1v) is 4.55. The molecule has 1 fully saturated rings. The van der Waals surface area contributed by atoms with Crippen molar-refractivity contribution in [2.24, 2.45) is 5.29 Å². The number of rotatable bonds is 2. The molecule has 1 aromatic carbocycles. The van der Waals surface area contributed by atoms with Crippen LogP contribution < -0.4 is 0 Å². The maximum absolute atomic E-state index is 11.2. The fourth-order valence-electron chi connectivity index (χ4n) is 1.63. The average Bonchev–Trinajstić information content (AvgIpc) is 2.56. The fourth-order valence-corrected chi connectivity index (χ4v) is 1.63. The van der Waals surface area contributed by atoms with Gasteiger partial charge in [-0.15, -0.1) is 4.91 Å². The minimum atomic E-state index is -0.785. The molecule has 1 aliphatic rings. The van der Waals surface area contributed by atoms with Crippen LogP contribution in [-0.4, -0.2) is 17.6 Å². The number of hydrogen-bond donors (Lipinski definition) is 0. The van der Waals surface area contributed by atoms with Crippen LogP contribution in [0.15, 0.2) is 35.6 Å². The van der Waals surface area contributed by atoms with Crippen LogP contribution in [0.4, 0.5) is 4.79 Å². The molecule has 5 nitrogen and oxygen atoms in total. The van der Waals surface area contributed by atoms with Gasteiger partial charge in [-0.05, 0) is 12.5 Å². The Balaban J connectivity index is 2.31. The second-order valence-corrected chi connectivity index (χ2v) is 3.60. The van der Waals surface area contributed by atoms with E-state index in [2.05, 4.69) is 5.29 Å². The van der Waals surface area contributed by atoms with Crippen molar-refractivity contribution < 1.29 is 9.53 Å². The molecule has 1 amide bonds.